The molecule has 7 heteroatoms. The van der Waals surface area contributed by atoms with Gasteiger partial charge < -0.3 is 4.74 Å². The fraction of sp³-hybridized carbons (Fsp3) is 0.400. The Labute approximate surface area is 93.0 Å². The van der Waals surface area contributed by atoms with Gasteiger partial charge in [-0.3, -0.25) is 0 Å². The molecular weight excluding hydrogens is 250 g/mol. The average molecular weight is 258 g/mol. The number of alkyl halides is 6. The maximum Gasteiger partial charge on any atom is 0.419 e. The number of aryl methyl sites for hydroxylation is 1. The third-order valence-corrected chi connectivity index (χ3v) is 2.11. The lowest BCUT2D eigenvalue weighted by Crippen LogP contribution is -2.13. The molecule has 0 unspecified atom stereocenters. The van der Waals surface area contributed by atoms with Gasteiger partial charge in [0.15, 0.2) is 0 Å². The monoisotopic (exact) mass is 258 g/mol. The van der Waals surface area contributed by atoms with Crippen molar-refractivity contribution in [1.82, 2.24) is 0 Å². The van der Waals surface area contributed by atoms with Crippen LogP contribution >= 0.6 is 0 Å². The van der Waals surface area contributed by atoms with Crippen LogP contribution < -0.4 is 4.74 Å². The average Bonchev–Trinajstić information content (AvgIpc) is 2.13. The molecule has 0 atom stereocenters. The van der Waals surface area contributed by atoms with Crippen molar-refractivity contribution in [3.63, 3.8) is 0 Å². The lowest BCUT2D eigenvalue weighted by Gasteiger charge is -2.17. The smallest absolute Gasteiger partial charge is 0.419 e. The summed E-state index contributed by atoms with van der Waals surface area (Å²) in [5.41, 5.74) is -2.98. The lowest BCUT2D eigenvalue weighted by molar-refractivity contribution is -0.143. The van der Waals surface area contributed by atoms with E-state index in [1.165, 1.54) is 0 Å². The van der Waals surface area contributed by atoms with E-state index in [4.69, 9.17) is 0 Å². The van der Waals surface area contributed by atoms with E-state index < -0.39 is 29.2 Å². The van der Waals surface area contributed by atoms with Crippen molar-refractivity contribution in [3.8, 4) is 5.75 Å². The molecule has 1 aromatic rings. The molecule has 0 aromatic heterocycles. The van der Waals surface area contributed by atoms with Gasteiger partial charge in [-0.15, -0.1) is 0 Å². The molecule has 0 spiro atoms. The SMILES string of the molecule is COc1c(C)cc(C(F)(F)F)cc1C(F)(F)F. The predicted octanol–water partition coefficient (Wildman–Crippen LogP) is 4.04. The minimum Gasteiger partial charge on any atom is -0.496 e. The highest BCUT2D eigenvalue weighted by Gasteiger charge is 2.39. The Morgan fingerprint density at radius 1 is 0.941 bits per heavy atom. The summed E-state index contributed by atoms with van der Waals surface area (Å²) in [6, 6.07) is 0.667. The maximum atomic E-state index is 12.5. The van der Waals surface area contributed by atoms with E-state index in [-0.39, 0.29) is 11.6 Å². The van der Waals surface area contributed by atoms with E-state index in [2.05, 4.69) is 4.74 Å². The van der Waals surface area contributed by atoms with Crippen LogP contribution in [-0.2, 0) is 12.4 Å². The second-order valence-electron chi connectivity index (χ2n) is 3.37. The van der Waals surface area contributed by atoms with Gasteiger partial charge in [-0.05, 0) is 24.6 Å². The second kappa shape index (κ2) is 4.12. The first-order valence-corrected chi connectivity index (χ1v) is 4.40. The molecule has 1 aromatic carbocycles. The number of hydrogen-bond donors (Lipinski definition) is 0. The zero-order valence-electron chi connectivity index (χ0n) is 8.83. The predicted molar refractivity (Wildman–Crippen MR) is 47.7 cm³/mol. The molecule has 17 heavy (non-hydrogen) atoms. The van der Waals surface area contributed by atoms with Crippen LogP contribution in [-0.4, -0.2) is 7.11 Å². The molecule has 0 saturated heterocycles. The summed E-state index contributed by atoms with van der Waals surface area (Å²) >= 11 is 0. The topological polar surface area (TPSA) is 9.23 Å². The summed E-state index contributed by atoms with van der Waals surface area (Å²) in [5, 5.41) is 0. The highest BCUT2D eigenvalue weighted by atomic mass is 19.4. The van der Waals surface area contributed by atoms with E-state index in [1.54, 1.807) is 0 Å². The van der Waals surface area contributed by atoms with Crippen molar-refractivity contribution < 1.29 is 31.1 Å². The molecule has 0 amide bonds. The molecular formula is C10H8F6O. The minimum absolute atomic E-state index is 0.0475. The number of ether oxygens (including phenoxy) is 1. The Morgan fingerprint density at radius 3 is 1.82 bits per heavy atom. The van der Waals surface area contributed by atoms with Gasteiger partial charge in [0.25, 0.3) is 0 Å². The molecule has 1 nitrogen and oxygen atoms in total. The molecule has 0 fully saturated rings. The number of hydrogen-bond acceptors (Lipinski definition) is 1. The van der Waals surface area contributed by atoms with Crippen molar-refractivity contribution in [2.75, 3.05) is 7.11 Å². The Morgan fingerprint density at radius 2 is 1.47 bits per heavy atom. The third-order valence-electron chi connectivity index (χ3n) is 2.11. The molecule has 0 aliphatic rings. The Hall–Kier alpha value is -1.40. The first-order valence-electron chi connectivity index (χ1n) is 4.40. The number of halogens is 6. The summed E-state index contributed by atoms with van der Waals surface area (Å²) in [5.74, 6) is -0.592. The molecule has 0 bridgehead atoms. The van der Waals surface area contributed by atoms with Gasteiger partial charge in [0.1, 0.15) is 5.75 Å². The van der Waals surface area contributed by atoms with Crippen LogP contribution in [0.4, 0.5) is 26.3 Å². The van der Waals surface area contributed by atoms with Gasteiger partial charge in [0.05, 0.1) is 18.2 Å². The molecule has 0 N–H and O–H groups in total. The van der Waals surface area contributed by atoms with E-state index in [0.29, 0.717) is 6.07 Å². The number of benzene rings is 1. The zero-order chi connectivity index (χ0) is 13.4. The van der Waals surface area contributed by atoms with Crippen LogP contribution in [0.1, 0.15) is 16.7 Å². The first-order chi connectivity index (χ1) is 7.57. The first kappa shape index (κ1) is 13.7. The van der Waals surface area contributed by atoms with Gasteiger partial charge >= 0.3 is 12.4 Å². The lowest BCUT2D eigenvalue weighted by atomic mass is 10.0. The molecule has 96 valence electrons. The molecule has 0 aliphatic heterocycles. The second-order valence-corrected chi connectivity index (χ2v) is 3.37. The largest absolute Gasteiger partial charge is 0.496 e. The van der Waals surface area contributed by atoms with Crippen LogP contribution in [0.5, 0.6) is 5.75 Å². The summed E-state index contributed by atoms with van der Waals surface area (Å²) in [6.45, 7) is 1.13. The number of rotatable bonds is 1. The molecule has 0 radical (unpaired) electrons. The summed E-state index contributed by atoms with van der Waals surface area (Å²) in [7, 11) is 0.977. The summed E-state index contributed by atoms with van der Waals surface area (Å²) in [6.07, 6.45) is -9.71. The van der Waals surface area contributed by atoms with Gasteiger partial charge in [-0.2, -0.15) is 26.3 Å². The van der Waals surface area contributed by atoms with Crippen LogP contribution in [0.2, 0.25) is 0 Å². The Balaban J connectivity index is 3.51. The van der Waals surface area contributed by atoms with Gasteiger partial charge in [0.2, 0.25) is 0 Å². The minimum atomic E-state index is -4.89. The van der Waals surface area contributed by atoms with Crippen molar-refractivity contribution in [2.24, 2.45) is 0 Å². The van der Waals surface area contributed by atoms with Crippen LogP contribution in [0.3, 0.4) is 0 Å². The van der Waals surface area contributed by atoms with Crippen molar-refractivity contribution in [2.45, 2.75) is 19.3 Å². The highest BCUT2D eigenvalue weighted by Crippen LogP contribution is 2.42. The summed E-state index contributed by atoms with van der Waals surface area (Å²) in [4.78, 5) is 0. The van der Waals surface area contributed by atoms with E-state index in [1.807, 2.05) is 0 Å². The maximum absolute atomic E-state index is 12.5. The summed E-state index contributed by atoms with van der Waals surface area (Å²) < 4.78 is 79.2. The van der Waals surface area contributed by atoms with Crippen LogP contribution in [0, 0.1) is 6.92 Å². The van der Waals surface area contributed by atoms with Crippen LogP contribution in [0.25, 0.3) is 0 Å². The van der Waals surface area contributed by atoms with Gasteiger partial charge in [-0.25, -0.2) is 0 Å². The zero-order valence-corrected chi connectivity index (χ0v) is 8.83. The fourth-order valence-electron chi connectivity index (χ4n) is 1.42. The van der Waals surface area contributed by atoms with E-state index in [9.17, 15) is 26.3 Å². The highest BCUT2D eigenvalue weighted by molar-refractivity contribution is 5.46. The van der Waals surface area contributed by atoms with Crippen molar-refractivity contribution >= 4 is 0 Å². The fourth-order valence-corrected chi connectivity index (χ4v) is 1.42. The van der Waals surface area contributed by atoms with E-state index in [0.717, 1.165) is 14.0 Å². The van der Waals surface area contributed by atoms with Gasteiger partial charge in [-0.1, -0.05) is 0 Å². The molecule has 0 aliphatic carbocycles. The molecule has 0 saturated carbocycles. The van der Waals surface area contributed by atoms with Crippen LogP contribution in [0.15, 0.2) is 12.1 Å². The molecule has 0 heterocycles. The van der Waals surface area contributed by atoms with Crippen molar-refractivity contribution in [3.05, 3.63) is 28.8 Å². The number of methoxy groups -OCH3 is 1. The Kier molecular flexibility index (Phi) is 3.31. The van der Waals surface area contributed by atoms with Gasteiger partial charge in [0, 0.05) is 0 Å². The normalized spacial score (nSPS) is 12.7. The Bertz CT molecular complexity index is 418. The van der Waals surface area contributed by atoms with Crippen molar-refractivity contribution in [1.29, 1.82) is 0 Å². The quantitative estimate of drug-likeness (QED) is 0.691. The molecule has 1 rings (SSSR count). The standard InChI is InChI=1S/C10H8F6O/c1-5-3-6(9(11,12)13)4-7(8(5)17-2)10(14,15)16/h3-4H,1-2H3. The third kappa shape index (κ3) is 2.83. The van der Waals surface area contributed by atoms with E-state index >= 15 is 0 Å².